The monoisotopic (exact) mass is 276 g/mol. The van der Waals surface area contributed by atoms with Crippen molar-refractivity contribution in [1.29, 1.82) is 0 Å². The summed E-state index contributed by atoms with van der Waals surface area (Å²) in [5.41, 5.74) is 7.07. The lowest BCUT2D eigenvalue weighted by Gasteiger charge is -2.35. The number of carbonyl (C=O) groups is 1. The Labute approximate surface area is 120 Å². The van der Waals surface area contributed by atoms with Crippen LogP contribution in [0.1, 0.15) is 49.9 Å². The Balaban J connectivity index is 2.30. The topological polar surface area (TPSA) is 55.6 Å². The van der Waals surface area contributed by atoms with Crippen LogP contribution in [0.25, 0.3) is 0 Å². The van der Waals surface area contributed by atoms with Gasteiger partial charge in [0, 0.05) is 12.6 Å². The minimum atomic E-state index is 0.0484. The smallest absolute Gasteiger partial charge is 0.257 e. The van der Waals surface area contributed by atoms with E-state index in [0.717, 1.165) is 25.8 Å². The van der Waals surface area contributed by atoms with Gasteiger partial charge < -0.3 is 15.4 Å². The van der Waals surface area contributed by atoms with Crippen molar-refractivity contribution in [1.82, 2.24) is 4.90 Å². The Bertz CT molecular complexity index is 474. The Morgan fingerprint density at radius 2 is 2.20 bits per heavy atom. The number of para-hydroxylation sites is 1. The van der Waals surface area contributed by atoms with Gasteiger partial charge in [-0.2, -0.15) is 0 Å². The standard InChI is InChI=1S/C16H24N2O2/c1-3-12-8-5-6-11-18(12)16(19)13-9-7-10-14(17)15(13)20-4-2/h7,9-10,12H,3-6,8,11,17H2,1-2H3. The number of benzene rings is 1. The molecule has 2 rings (SSSR count). The molecule has 1 atom stereocenters. The van der Waals surface area contributed by atoms with Gasteiger partial charge in [0.05, 0.1) is 17.9 Å². The van der Waals surface area contributed by atoms with E-state index >= 15 is 0 Å². The number of nitrogens with zero attached hydrogens (tertiary/aromatic N) is 1. The van der Waals surface area contributed by atoms with Gasteiger partial charge in [-0.05, 0) is 44.7 Å². The van der Waals surface area contributed by atoms with Gasteiger partial charge in [-0.25, -0.2) is 0 Å². The highest BCUT2D eigenvalue weighted by molar-refractivity contribution is 5.98. The number of hydrogen-bond acceptors (Lipinski definition) is 3. The molecule has 0 aliphatic carbocycles. The molecule has 4 heteroatoms. The summed E-state index contributed by atoms with van der Waals surface area (Å²) >= 11 is 0. The summed E-state index contributed by atoms with van der Waals surface area (Å²) in [6.07, 6.45) is 4.37. The van der Waals surface area contributed by atoms with Gasteiger partial charge in [-0.15, -0.1) is 0 Å². The molecule has 1 fully saturated rings. The summed E-state index contributed by atoms with van der Waals surface area (Å²) in [6.45, 7) is 5.37. The van der Waals surface area contributed by atoms with E-state index in [1.807, 2.05) is 24.0 Å². The molecule has 20 heavy (non-hydrogen) atoms. The van der Waals surface area contributed by atoms with Crippen molar-refractivity contribution in [2.45, 2.75) is 45.6 Å². The Morgan fingerprint density at radius 3 is 2.90 bits per heavy atom. The van der Waals surface area contributed by atoms with Crippen LogP contribution in [0.15, 0.2) is 18.2 Å². The van der Waals surface area contributed by atoms with E-state index in [9.17, 15) is 4.79 Å². The molecule has 0 aromatic heterocycles. The quantitative estimate of drug-likeness (QED) is 0.860. The first-order chi connectivity index (χ1) is 9.69. The van der Waals surface area contributed by atoms with E-state index in [2.05, 4.69) is 6.92 Å². The molecule has 0 spiro atoms. The van der Waals surface area contributed by atoms with E-state index in [1.165, 1.54) is 6.42 Å². The molecule has 1 aromatic rings. The fourth-order valence-corrected chi connectivity index (χ4v) is 2.88. The second-order valence-corrected chi connectivity index (χ2v) is 5.21. The summed E-state index contributed by atoms with van der Waals surface area (Å²) in [6, 6.07) is 5.74. The maximum Gasteiger partial charge on any atom is 0.257 e. The van der Waals surface area contributed by atoms with Crippen LogP contribution in [0.4, 0.5) is 5.69 Å². The van der Waals surface area contributed by atoms with Gasteiger partial charge in [0.25, 0.3) is 5.91 Å². The van der Waals surface area contributed by atoms with Crippen LogP contribution in [0.5, 0.6) is 5.75 Å². The predicted octanol–water partition coefficient (Wildman–Crippen LogP) is 3.07. The zero-order valence-corrected chi connectivity index (χ0v) is 12.4. The number of rotatable bonds is 4. The third-order valence-corrected chi connectivity index (χ3v) is 3.92. The third-order valence-electron chi connectivity index (χ3n) is 3.92. The highest BCUT2D eigenvalue weighted by atomic mass is 16.5. The third kappa shape index (κ3) is 2.89. The van der Waals surface area contributed by atoms with E-state index in [-0.39, 0.29) is 5.91 Å². The number of carbonyl (C=O) groups excluding carboxylic acids is 1. The summed E-state index contributed by atoms with van der Waals surface area (Å²) in [4.78, 5) is 14.8. The highest BCUT2D eigenvalue weighted by Crippen LogP contribution is 2.30. The molecule has 0 radical (unpaired) electrons. The van der Waals surface area contributed by atoms with Crippen molar-refractivity contribution in [3.63, 3.8) is 0 Å². The summed E-state index contributed by atoms with van der Waals surface area (Å²) < 4.78 is 5.58. The number of hydrogen-bond donors (Lipinski definition) is 1. The van der Waals surface area contributed by atoms with Crippen molar-refractivity contribution in [3.05, 3.63) is 23.8 Å². The van der Waals surface area contributed by atoms with Gasteiger partial charge in [0.2, 0.25) is 0 Å². The fraction of sp³-hybridized carbons (Fsp3) is 0.562. The van der Waals surface area contributed by atoms with Crippen molar-refractivity contribution in [3.8, 4) is 5.75 Å². The molecule has 0 bridgehead atoms. The lowest BCUT2D eigenvalue weighted by Crippen LogP contribution is -2.43. The Hall–Kier alpha value is -1.71. The van der Waals surface area contributed by atoms with Crippen LogP contribution in [-0.2, 0) is 0 Å². The van der Waals surface area contributed by atoms with E-state index in [1.54, 1.807) is 6.07 Å². The zero-order valence-electron chi connectivity index (χ0n) is 12.4. The average molecular weight is 276 g/mol. The molecule has 1 unspecified atom stereocenters. The van der Waals surface area contributed by atoms with Crippen LogP contribution >= 0.6 is 0 Å². The van der Waals surface area contributed by atoms with Gasteiger partial charge in [-0.1, -0.05) is 13.0 Å². The minimum absolute atomic E-state index is 0.0484. The van der Waals surface area contributed by atoms with Crippen molar-refractivity contribution >= 4 is 11.6 Å². The van der Waals surface area contributed by atoms with Crippen LogP contribution in [-0.4, -0.2) is 30.0 Å². The second kappa shape index (κ2) is 6.64. The molecular weight excluding hydrogens is 252 g/mol. The van der Waals surface area contributed by atoms with Crippen molar-refractivity contribution < 1.29 is 9.53 Å². The number of likely N-dealkylation sites (tertiary alicyclic amines) is 1. The van der Waals surface area contributed by atoms with Gasteiger partial charge in [0.15, 0.2) is 5.75 Å². The summed E-state index contributed by atoms with van der Waals surface area (Å²) in [5.74, 6) is 0.577. The van der Waals surface area contributed by atoms with Gasteiger partial charge in [0.1, 0.15) is 0 Å². The largest absolute Gasteiger partial charge is 0.491 e. The molecule has 1 aliphatic heterocycles. The SMILES string of the molecule is CCOc1c(N)cccc1C(=O)N1CCCCC1CC. The predicted molar refractivity (Wildman–Crippen MR) is 81.0 cm³/mol. The number of amides is 1. The second-order valence-electron chi connectivity index (χ2n) is 5.21. The molecule has 1 amide bonds. The lowest BCUT2D eigenvalue weighted by atomic mass is 9.98. The fourth-order valence-electron chi connectivity index (χ4n) is 2.88. The molecule has 0 saturated carbocycles. The highest BCUT2D eigenvalue weighted by Gasteiger charge is 2.28. The van der Waals surface area contributed by atoms with Crippen LogP contribution in [0.3, 0.4) is 0 Å². The molecule has 2 N–H and O–H groups in total. The first-order valence-electron chi connectivity index (χ1n) is 7.51. The van der Waals surface area contributed by atoms with Crippen molar-refractivity contribution in [2.75, 3.05) is 18.9 Å². The van der Waals surface area contributed by atoms with E-state index in [0.29, 0.717) is 29.6 Å². The number of anilines is 1. The minimum Gasteiger partial charge on any atom is -0.491 e. The van der Waals surface area contributed by atoms with Crippen LogP contribution in [0, 0.1) is 0 Å². The van der Waals surface area contributed by atoms with Crippen molar-refractivity contribution in [2.24, 2.45) is 0 Å². The molecule has 1 aromatic carbocycles. The molecular formula is C16H24N2O2. The van der Waals surface area contributed by atoms with Crippen LogP contribution in [0.2, 0.25) is 0 Å². The first-order valence-corrected chi connectivity index (χ1v) is 7.51. The normalized spacial score (nSPS) is 18.9. The number of nitrogen functional groups attached to an aromatic ring is 1. The van der Waals surface area contributed by atoms with Crippen LogP contribution < -0.4 is 10.5 Å². The number of ether oxygens (including phenoxy) is 1. The molecule has 1 aliphatic rings. The number of nitrogens with two attached hydrogens (primary N) is 1. The zero-order chi connectivity index (χ0) is 14.5. The average Bonchev–Trinajstić information content (AvgIpc) is 2.48. The maximum absolute atomic E-state index is 12.8. The lowest BCUT2D eigenvalue weighted by molar-refractivity contribution is 0.0604. The molecule has 4 nitrogen and oxygen atoms in total. The van der Waals surface area contributed by atoms with Gasteiger partial charge in [-0.3, -0.25) is 4.79 Å². The van der Waals surface area contributed by atoms with Gasteiger partial charge >= 0.3 is 0 Å². The molecule has 110 valence electrons. The maximum atomic E-state index is 12.8. The first kappa shape index (κ1) is 14.7. The number of piperidine rings is 1. The summed E-state index contributed by atoms with van der Waals surface area (Å²) in [5, 5.41) is 0. The molecule has 1 saturated heterocycles. The summed E-state index contributed by atoms with van der Waals surface area (Å²) in [7, 11) is 0. The Morgan fingerprint density at radius 1 is 1.40 bits per heavy atom. The van der Waals surface area contributed by atoms with E-state index in [4.69, 9.17) is 10.5 Å². The Kier molecular flexibility index (Phi) is 4.88. The molecule has 1 heterocycles. The van der Waals surface area contributed by atoms with E-state index < -0.39 is 0 Å².